The fourth-order valence-corrected chi connectivity index (χ4v) is 3.28. The molecule has 0 spiro atoms. The van der Waals surface area contributed by atoms with Gasteiger partial charge in [0.1, 0.15) is 0 Å². The van der Waals surface area contributed by atoms with Crippen LogP contribution in [0.1, 0.15) is 5.56 Å². The molecule has 0 aliphatic carbocycles. The Morgan fingerprint density at radius 3 is 2.14 bits per heavy atom. The second kappa shape index (κ2) is 7.26. The molecular formula is C16H19BrN2O2S. The molecule has 0 bridgehead atoms. The Hall–Kier alpha value is -1.37. The second-order valence-corrected chi connectivity index (χ2v) is 7.85. The average Bonchev–Trinajstić information content (AvgIpc) is 2.48. The van der Waals surface area contributed by atoms with Crippen LogP contribution in [0, 0.1) is 0 Å². The molecule has 0 aromatic heterocycles. The van der Waals surface area contributed by atoms with Crippen molar-refractivity contribution in [1.29, 1.82) is 0 Å². The largest absolute Gasteiger partial charge is 0.378 e. The van der Waals surface area contributed by atoms with Gasteiger partial charge in [0.2, 0.25) is 10.0 Å². The van der Waals surface area contributed by atoms with Gasteiger partial charge in [-0.3, -0.25) is 0 Å². The second-order valence-electron chi connectivity index (χ2n) is 5.16. The van der Waals surface area contributed by atoms with E-state index in [1.165, 1.54) is 0 Å². The Morgan fingerprint density at radius 2 is 1.59 bits per heavy atom. The number of halogens is 1. The Kier molecular flexibility index (Phi) is 5.61. The van der Waals surface area contributed by atoms with Crippen LogP contribution in [-0.2, 0) is 16.4 Å². The van der Waals surface area contributed by atoms with E-state index in [1.807, 2.05) is 43.3 Å². The molecule has 0 saturated carbocycles. The summed E-state index contributed by atoms with van der Waals surface area (Å²) in [5, 5.41) is 0. The van der Waals surface area contributed by atoms with Crippen molar-refractivity contribution in [2.45, 2.75) is 11.3 Å². The molecule has 0 unspecified atom stereocenters. The van der Waals surface area contributed by atoms with Crippen LogP contribution in [0.5, 0.6) is 0 Å². The number of rotatable bonds is 6. The number of sulfonamides is 1. The van der Waals surface area contributed by atoms with Gasteiger partial charge in [-0.15, -0.1) is 0 Å². The molecule has 1 N–H and O–H groups in total. The molecule has 0 aliphatic heterocycles. The molecule has 2 rings (SSSR count). The maximum atomic E-state index is 12.1. The Labute approximate surface area is 140 Å². The summed E-state index contributed by atoms with van der Waals surface area (Å²) in [5.74, 6) is 0. The fraction of sp³-hybridized carbons (Fsp3) is 0.250. The third-order valence-corrected chi connectivity index (χ3v) is 5.29. The number of hydrogen-bond donors (Lipinski definition) is 1. The van der Waals surface area contributed by atoms with Crippen LogP contribution >= 0.6 is 15.9 Å². The number of hydrogen-bond acceptors (Lipinski definition) is 3. The van der Waals surface area contributed by atoms with Gasteiger partial charge in [-0.1, -0.05) is 28.1 Å². The van der Waals surface area contributed by atoms with Gasteiger partial charge in [-0.25, -0.2) is 13.1 Å². The van der Waals surface area contributed by atoms with Crippen molar-refractivity contribution in [2.75, 3.05) is 25.5 Å². The molecule has 0 heterocycles. The highest BCUT2D eigenvalue weighted by molar-refractivity contribution is 9.10. The summed E-state index contributed by atoms with van der Waals surface area (Å²) >= 11 is 3.29. The zero-order valence-corrected chi connectivity index (χ0v) is 15.0. The van der Waals surface area contributed by atoms with Crippen molar-refractivity contribution in [3.8, 4) is 0 Å². The summed E-state index contributed by atoms with van der Waals surface area (Å²) in [6.07, 6.45) is 0.656. The van der Waals surface area contributed by atoms with Crippen LogP contribution in [0.3, 0.4) is 0 Å². The molecule has 4 nitrogen and oxygen atoms in total. The van der Waals surface area contributed by atoms with Crippen LogP contribution in [-0.4, -0.2) is 29.1 Å². The molecule has 0 aliphatic rings. The normalized spacial score (nSPS) is 11.4. The average molecular weight is 383 g/mol. The monoisotopic (exact) mass is 382 g/mol. The van der Waals surface area contributed by atoms with E-state index < -0.39 is 10.0 Å². The van der Waals surface area contributed by atoms with E-state index >= 15 is 0 Å². The lowest BCUT2D eigenvalue weighted by molar-refractivity contribution is 0.581. The van der Waals surface area contributed by atoms with Gasteiger partial charge < -0.3 is 4.90 Å². The molecule has 0 amide bonds. The fourth-order valence-electron chi connectivity index (χ4n) is 1.99. The minimum absolute atomic E-state index is 0.277. The predicted molar refractivity (Wildman–Crippen MR) is 93.8 cm³/mol. The smallest absolute Gasteiger partial charge is 0.240 e. The number of anilines is 1. The molecule has 22 heavy (non-hydrogen) atoms. The van der Waals surface area contributed by atoms with E-state index in [0.717, 1.165) is 15.7 Å². The molecule has 118 valence electrons. The lowest BCUT2D eigenvalue weighted by Gasteiger charge is -2.12. The van der Waals surface area contributed by atoms with Gasteiger partial charge >= 0.3 is 0 Å². The van der Waals surface area contributed by atoms with E-state index in [4.69, 9.17) is 0 Å². The summed E-state index contributed by atoms with van der Waals surface area (Å²) in [6, 6.07) is 14.7. The summed E-state index contributed by atoms with van der Waals surface area (Å²) in [4.78, 5) is 2.30. The quantitative estimate of drug-likeness (QED) is 0.834. The van der Waals surface area contributed by atoms with E-state index in [1.54, 1.807) is 24.3 Å². The Balaban J connectivity index is 1.93. The van der Waals surface area contributed by atoms with E-state index in [-0.39, 0.29) is 4.90 Å². The van der Waals surface area contributed by atoms with Crippen molar-refractivity contribution >= 4 is 31.6 Å². The van der Waals surface area contributed by atoms with Crippen molar-refractivity contribution in [3.63, 3.8) is 0 Å². The highest BCUT2D eigenvalue weighted by Crippen LogP contribution is 2.15. The van der Waals surface area contributed by atoms with Crippen LogP contribution in [0.2, 0.25) is 0 Å². The maximum Gasteiger partial charge on any atom is 0.240 e. The van der Waals surface area contributed by atoms with Crippen LogP contribution in [0.4, 0.5) is 5.69 Å². The Morgan fingerprint density at radius 1 is 1.00 bits per heavy atom. The molecule has 0 saturated heterocycles. The molecule has 2 aromatic carbocycles. The summed E-state index contributed by atoms with van der Waals surface area (Å²) < 4.78 is 27.8. The summed E-state index contributed by atoms with van der Waals surface area (Å²) in [5.41, 5.74) is 2.23. The van der Waals surface area contributed by atoms with Gasteiger partial charge in [0.15, 0.2) is 0 Å². The molecule has 2 aromatic rings. The van der Waals surface area contributed by atoms with Crippen molar-refractivity contribution in [1.82, 2.24) is 4.72 Å². The van der Waals surface area contributed by atoms with Gasteiger partial charge in [0, 0.05) is 30.8 Å². The van der Waals surface area contributed by atoms with E-state index in [9.17, 15) is 8.42 Å². The lowest BCUT2D eigenvalue weighted by atomic mass is 10.1. The van der Waals surface area contributed by atoms with Crippen molar-refractivity contribution in [2.24, 2.45) is 0 Å². The first kappa shape index (κ1) is 17.0. The van der Waals surface area contributed by atoms with E-state index in [0.29, 0.717) is 13.0 Å². The third-order valence-electron chi connectivity index (χ3n) is 3.28. The first-order valence-electron chi connectivity index (χ1n) is 6.90. The molecule has 0 radical (unpaired) electrons. The van der Waals surface area contributed by atoms with Crippen LogP contribution in [0.25, 0.3) is 0 Å². The predicted octanol–water partition coefficient (Wildman–Crippen LogP) is 3.04. The van der Waals surface area contributed by atoms with Crippen molar-refractivity contribution in [3.05, 3.63) is 58.6 Å². The SMILES string of the molecule is CN(C)c1ccc(CCNS(=O)(=O)c2ccc(Br)cc2)cc1. The topological polar surface area (TPSA) is 49.4 Å². The molecule has 0 fully saturated rings. The van der Waals surface area contributed by atoms with Gasteiger partial charge in [0.25, 0.3) is 0 Å². The van der Waals surface area contributed by atoms with Crippen LogP contribution < -0.4 is 9.62 Å². The molecular weight excluding hydrogens is 364 g/mol. The zero-order chi connectivity index (χ0) is 16.2. The van der Waals surface area contributed by atoms with Crippen molar-refractivity contribution < 1.29 is 8.42 Å². The first-order chi connectivity index (χ1) is 10.4. The summed E-state index contributed by atoms with van der Waals surface area (Å²) in [7, 11) is 0.527. The lowest BCUT2D eigenvalue weighted by Crippen LogP contribution is -2.25. The van der Waals surface area contributed by atoms with Crippen LogP contribution in [0.15, 0.2) is 57.9 Å². The zero-order valence-electron chi connectivity index (χ0n) is 12.6. The number of nitrogens with one attached hydrogen (secondary N) is 1. The standard InChI is InChI=1S/C16H19BrN2O2S/c1-19(2)15-7-3-13(4-8-15)11-12-18-22(20,21)16-9-5-14(17)6-10-16/h3-10,18H,11-12H2,1-2H3. The number of nitrogens with zero attached hydrogens (tertiary/aromatic N) is 1. The molecule has 0 atom stereocenters. The minimum Gasteiger partial charge on any atom is -0.378 e. The van der Waals surface area contributed by atoms with Gasteiger partial charge in [0.05, 0.1) is 4.90 Å². The molecule has 6 heteroatoms. The van der Waals surface area contributed by atoms with Gasteiger partial charge in [-0.2, -0.15) is 0 Å². The van der Waals surface area contributed by atoms with Gasteiger partial charge in [-0.05, 0) is 48.4 Å². The highest BCUT2D eigenvalue weighted by Gasteiger charge is 2.12. The first-order valence-corrected chi connectivity index (χ1v) is 9.17. The maximum absolute atomic E-state index is 12.1. The minimum atomic E-state index is -3.45. The number of benzene rings is 2. The highest BCUT2D eigenvalue weighted by atomic mass is 79.9. The van der Waals surface area contributed by atoms with E-state index in [2.05, 4.69) is 20.7 Å². The third kappa shape index (κ3) is 4.56. The Bertz CT molecular complexity index is 711. The summed E-state index contributed by atoms with van der Waals surface area (Å²) in [6.45, 7) is 0.375.